The first-order chi connectivity index (χ1) is 10.8. The van der Waals surface area contributed by atoms with Crippen LogP contribution in [0.2, 0.25) is 0 Å². The molecule has 2 rings (SSSR count). The van der Waals surface area contributed by atoms with Gasteiger partial charge in [-0.3, -0.25) is 0 Å². The molecule has 0 aliphatic carbocycles. The minimum atomic E-state index is -4.35. The van der Waals surface area contributed by atoms with Gasteiger partial charge in [-0.15, -0.1) is 0 Å². The van der Waals surface area contributed by atoms with Crippen molar-refractivity contribution in [2.75, 3.05) is 11.9 Å². The van der Waals surface area contributed by atoms with Crippen LogP contribution in [0.3, 0.4) is 0 Å². The third-order valence-electron chi connectivity index (χ3n) is 3.08. The fourth-order valence-corrected chi connectivity index (χ4v) is 1.99. The molecular weight excluding hydrogens is 317 g/mol. The average Bonchev–Trinajstić information content (AvgIpc) is 2.46. The van der Waals surface area contributed by atoms with Crippen LogP contribution < -0.4 is 10.1 Å². The van der Waals surface area contributed by atoms with Gasteiger partial charge < -0.3 is 10.1 Å². The summed E-state index contributed by atoms with van der Waals surface area (Å²) in [6.45, 7) is -2.44. The van der Waals surface area contributed by atoms with Crippen molar-refractivity contribution in [2.24, 2.45) is 0 Å². The van der Waals surface area contributed by atoms with Gasteiger partial charge in [0.2, 0.25) is 0 Å². The lowest BCUT2D eigenvalue weighted by atomic mass is 10.1. The molecule has 2 aromatic carbocycles. The second kappa shape index (κ2) is 7.30. The Hall–Kier alpha value is -2.31. The number of hydrogen-bond acceptors (Lipinski definition) is 2. The zero-order valence-electron chi connectivity index (χ0n) is 11.9. The van der Waals surface area contributed by atoms with E-state index >= 15 is 0 Å². The van der Waals surface area contributed by atoms with Gasteiger partial charge in [0.15, 0.2) is 0 Å². The Kier molecular flexibility index (Phi) is 5.41. The van der Waals surface area contributed by atoms with E-state index in [1.807, 2.05) is 0 Å². The molecule has 0 atom stereocenters. The summed E-state index contributed by atoms with van der Waals surface area (Å²) in [6.07, 6.45) is -3.85. The van der Waals surface area contributed by atoms with Gasteiger partial charge in [-0.2, -0.15) is 22.0 Å². The molecule has 0 spiro atoms. The molecule has 0 fully saturated rings. The van der Waals surface area contributed by atoms with Crippen LogP contribution in [0.5, 0.6) is 5.75 Å². The van der Waals surface area contributed by atoms with Crippen molar-refractivity contribution in [3.05, 3.63) is 59.7 Å². The quantitative estimate of drug-likeness (QED) is 0.755. The van der Waals surface area contributed by atoms with Crippen LogP contribution in [0.25, 0.3) is 0 Å². The molecule has 124 valence electrons. The van der Waals surface area contributed by atoms with Crippen LogP contribution in [-0.2, 0) is 12.6 Å². The van der Waals surface area contributed by atoms with E-state index in [1.54, 1.807) is 12.1 Å². The van der Waals surface area contributed by atoms with Gasteiger partial charge in [-0.05, 0) is 36.2 Å². The standard InChI is InChI=1S/C16H14F5NO/c17-15(18)23-14-3-1-2-13(10-14)22-9-8-11-4-6-12(7-5-11)16(19,20)21/h1-7,10,15,22H,8-9H2. The van der Waals surface area contributed by atoms with Crippen molar-refractivity contribution < 1.29 is 26.7 Å². The molecule has 2 nitrogen and oxygen atoms in total. The maximum absolute atomic E-state index is 12.4. The molecular formula is C16H14F5NO. The van der Waals surface area contributed by atoms with Gasteiger partial charge in [0, 0.05) is 18.3 Å². The van der Waals surface area contributed by atoms with E-state index in [1.165, 1.54) is 24.3 Å². The number of anilines is 1. The smallest absolute Gasteiger partial charge is 0.416 e. The highest BCUT2D eigenvalue weighted by Crippen LogP contribution is 2.29. The molecule has 0 aliphatic heterocycles. The van der Waals surface area contributed by atoms with Gasteiger partial charge in [0.25, 0.3) is 0 Å². The van der Waals surface area contributed by atoms with Crippen LogP contribution in [0, 0.1) is 0 Å². The van der Waals surface area contributed by atoms with Crippen LogP contribution in [0.4, 0.5) is 27.6 Å². The van der Waals surface area contributed by atoms with Gasteiger partial charge in [-0.25, -0.2) is 0 Å². The molecule has 23 heavy (non-hydrogen) atoms. The summed E-state index contributed by atoms with van der Waals surface area (Å²) in [7, 11) is 0. The molecule has 0 aliphatic rings. The van der Waals surface area contributed by atoms with Crippen molar-refractivity contribution in [2.45, 2.75) is 19.2 Å². The Labute approximate surface area is 129 Å². The van der Waals surface area contributed by atoms with Crippen LogP contribution >= 0.6 is 0 Å². The van der Waals surface area contributed by atoms with E-state index in [-0.39, 0.29) is 5.75 Å². The lowest BCUT2D eigenvalue weighted by Gasteiger charge is -2.10. The van der Waals surface area contributed by atoms with Crippen molar-refractivity contribution >= 4 is 5.69 Å². The second-order valence-electron chi connectivity index (χ2n) is 4.78. The Bertz CT molecular complexity index is 625. The molecule has 0 unspecified atom stereocenters. The predicted octanol–water partition coefficient (Wildman–Crippen LogP) is 4.96. The largest absolute Gasteiger partial charge is 0.435 e. The minimum absolute atomic E-state index is 0.0412. The first-order valence-corrected chi connectivity index (χ1v) is 6.79. The maximum atomic E-state index is 12.4. The fourth-order valence-electron chi connectivity index (χ4n) is 1.99. The molecule has 0 aromatic heterocycles. The van der Waals surface area contributed by atoms with Crippen LogP contribution in [0.1, 0.15) is 11.1 Å². The molecule has 1 N–H and O–H groups in total. The Morgan fingerprint density at radius 2 is 1.70 bits per heavy atom. The summed E-state index contributed by atoms with van der Waals surface area (Å²) >= 11 is 0. The topological polar surface area (TPSA) is 21.3 Å². The number of nitrogens with one attached hydrogen (secondary N) is 1. The van der Waals surface area contributed by atoms with E-state index in [9.17, 15) is 22.0 Å². The third kappa shape index (κ3) is 5.43. The van der Waals surface area contributed by atoms with E-state index in [2.05, 4.69) is 10.1 Å². The summed E-state index contributed by atoms with van der Waals surface area (Å²) < 4.78 is 65.9. The summed E-state index contributed by atoms with van der Waals surface area (Å²) in [5.41, 5.74) is 0.645. The molecule has 2 aromatic rings. The summed E-state index contributed by atoms with van der Waals surface area (Å²) in [5.74, 6) is 0.0412. The first kappa shape index (κ1) is 17.1. The van der Waals surface area contributed by atoms with E-state index in [4.69, 9.17) is 0 Å². The molecule has 0 heterocycles. The molecule has 0 amide bonds. The highest BCUT2D eigenvalue weighted by molar-refractivity contribution is 5.48. The van der Waals surface area contributed by atoms with Crippen molar-refractivity contribution in [3.63, 3.8) is 0 Å². The maximum Gasteiger partial charge on any atom is 0.416 e. The van der Waals surface area contributed by atoms with Gasteiger partial charge in [0.05, 0.1) is 5.56 Å². The lowest BCUT2D eigenvalue weighted by molar-refractivity contribution is -0.137. The lowest BCUT2D eigenvalue weighted by Crippen LogP contribution is -2.07. The average molecular weight is 331 g/mol. The van der Waals surface area contributed by atoms with Crippen molar-refractivity contribution in [3.8, 4) is 5.75 Å². The number of hydrogen-bond donors (Lipinski definition) is 1. The number of alkyl halides is 5. The summed E-state index contributed by atoms with van der Waals surface area (Å²) in [4.78, 5) is 0. The minimum Gasteiger partial charge on any atom is -0.435 e. The van der Waals surface area contributed by atoms with Crippen LogP contribution in [-0.4, -0.2) is 13.2 Å². The van der Waals surface area contributed by atoms with Crippen LogP contribution in [0.15, 0.2) is 48.5 Å². The number of halogens is 5. The number of benzene rings is 2. The number of ether oxygens (including phenoxy) is 1. The van der Waals surface area contributed by atoms with E-state index < -0.39 is 18.4 Å². The zero-order valence-corrected chi connectivity index (χ0v) is 11.9. The predicted molar refractivity (Wildman–Crippen MR) is 76.7 cm³/mol. The molecule has 0 saturated carbocycles. The third-order valence-corrected chi connectivity index (χ3v) is 3.08. The van der Waals surface area contributed by atoms with Gasteiger partial charge in [-0.1, -0.05) is 18.2 Å². The Balaban J connectivity index is 1.87. The first-order valence-electron chi connectivity index (χ1n) is 6.79. The second-order valence-corrected chi connectivity index (χ2v) is 4.78. The van der Waals surface area contributed by atoms with E-state index in [0.29, 0.717) is 18.7 Å². The van der Waals surface area contributed by atoms with Gasteiger partial charge in [0.1, 0.15) is 5.75 Å². The monoisotopic (exact) mass is 331 g/mol. The normalized spacial score (nSPS) is 11.6. The molecule has 0 radical (unpaired) electrons. The Morgan fingerprint density at radius 3 is 2.30 bits per heavy atom. The Morgan fingerprint density at radius 1 is 1.00 bits per heavy atom. The molecule has 0 saturated heterocycles. The summed E-state index contributed by atoms with van der Waals surface area (Å²) in [5, 5.41) is 3.00. The van der Waals surface area contributed by atoms with E-state index in [0.717, 1.165) is 17.7 Å². The highest BCUT2D eigenvalue weighted by Gasteiger charge is 2.29. The zero-order chi connectivity index (χ0) is 16.9. The summed E-state index contributed by atoms with van der Waals surface area (Å²) in [6, 6.07) is 11.0. The fraction of sp³-hybridized carbons (Fsp3) is 0.250. The highest BCUT2D eigenvalue weighted by atomic mass is 19.4. The molecule has 7 heteroatoms. The van der Waals surface area contributed by atoms with Gasteiger partial charge >= 0.3 is 12.8 Å². The van der Waals surface area contributed by atoms with Crippen molar-refractivity contribution in [1.29, 1.82) is 0 Å². The molecule has 0 bridgehead atoms. The SMILES string of the molecule is FC(F)Oc1cccc(NCCc2ccc(C(F)(F)F)cc2)c1. The number of rotatable bonds is 6. The van der Waals surface area contributed by atoms with Crippen molar-refractivity contribution in [1.82, 2.24) is 0 Å².